The Morgan fingerprint density at radius 1 is 1.04 bits per heavy atom. The predicted octanol–water partition coefficient (Wildman–Crippen LogP) is 5.66. The maximum absolute atomic E-state index is 13.1. The van der Waals surface area contributed by atoms with Crippen molar-refractivity contribution < 1.29 is 17.6 Å². The molecule has 1 heterocycles. The molecule has 148 valence electrons. The molecule has 0 aliphatic carbocycles. The van der Waals surface area contributed by atoms with Crippen LogP contribution >= 0.6 is 23.2 Å². The number of sulfonamides is 1. The lowest BCUT2D eigenvalue weighted by molar-refractivity contribution is 0.110. The zero-order chi connectivity index (χ0) is 20.0. The molecule has 0 amide bonds. The molecule has 8 heteroatoms. The number of carbonyl (C=O) groups excluding carboxylic acids is 1. The van der Waals surface area contributed by atoms with Gasteiger partial charge in [0.15, 0.2) is 12.0 Å². The lowest BCUT2D eigenvalue weighted by Gasteiger charge is -2.23. The van der Waals surface area contributed by atoms with E-state index in [1.54, 1.807) is 6.07 Å². The molecule has 0 bridgehead atoms. The molecule has 5 nitrogen and oxygen atoms in total. The van der Waals surface area contributed by atoms with Crippen molar-refractivity contribution in [3.8, 4) is 11.3 Å². The third-order valence-electron chi connectivity index (χ3n) is 4.17. The van der Waals surface area contributed by atoms with Gasteiger partial charge in [-0.3, -0.25) is 4.79 Å². The summed E-state index contributed by atoms with van der Waals surface area (Å²) in [5.74, 6) is 0.501. The monoisotopic (exact) mass is 431 g/mol. The highest BCUT2D eigenvalue weighted by molar-refractivity contribution is 7.89. The summed E-state index contributed by atoms with van der Waals surface area (Å²) >= 11 is 12.6. The summed E-state index contributed by atoms with van der Waals surface area (Å²) in [5, 5.41) is 0.257. The average Bonchev–Trinajstić information content (AvgIpc) is 3.12. The molecule has 1 aromatic heterocycles. The molecule has 2 aromatic rings. The Kier molecular flexibility index (Phi) is 7.91. The molecule has 0 saturated carbocycles. The van der Waals surface area contributed by atoms with Crippen molar-refractivity contribution in [3.63, 3.8) is 0 Å². The summed E-state index contributed by atoms with van der Waals surface area (Å²) in [6.45, 7) is 4.91. The molecule has 0 spiro atoms. The number of hydrogen-bond acceptors (Lipinski definition) is 4. The quantitative estimate of drug-likeness (QED) is 0.455. The Labute approximate surface area is 170 Å². The first-order chi connectivity index (χ1) is 12.8. The zero-order valence-electron chi connectivity index (χ0n) is 15.4. The van der Waals surface area contributed by atoms with E-state index in [-0.39, 0.29) is 20.7 Å². The summed E-state index contributed by atoms with van der Waals surface area (Å²) < 4.78 is 33.1. The van der Waals surface area contributed by atoms with Gasteiger partial charge in [0.2, 0.25) is 10.0 Å². The third-order valence-corrected chi connectivity index (χ3v) is 6.85. The van der Waals surface area contributed by atoms with Crippen molar-refractivity contribution in [2.75, 3.05) is 13.1 Å². The molecular weight excluding hydrogens is 409 g/mol. The molecule has 27 heavy (non-hydrogen) atoms. The summed E-state index contributed by atoms with van der Waals surface area (Å²) in [6.07, 6.45) is 3.91. The van der Waals surface area contributed by atoms with Crippen LogP contribution in [0.25, 0.3) is 11.3 Å². The van der Waals surface area contributed by atoms with Crippen LogP contribution in [0.4, 0.5) is 0 Å². The minimum atomic E-state index is -3.77. The SMILES string of the molecule is CCCCN(CCCC)S(=O)(=O)c1cc(Cl)c(-c2ccc(C=O)o2)cc1Cl. The highest BCUT2D eigenvalue weighted by Crippen LogP contribution is 2.36. The van der Waals surface area contributed by atoms with Crippen LogP contribution in [-0.2, 0) is 10.0 Å². The van der Waals surface area contributed by atoms with Gasteiger partial charge >= 0.3 is 0 Å². The second kappa shape index (κ2) is 9.73. The number of furan rings is 1. The van der Waals surface area contributed by atoms with Gasteiger partial charge in [-0.1, -0.05) is 49.9 Å². The van der Waals surface area contributed by atoms with Gasteiger partial charge in [0.05, 0.1) is 10.0 Å². The Morgan fingerprint density at radius 2 is 1.67 bits per heavy atom. The molecule has 1 aromatic carbocycles. The highest BCUT2D eigenvalue weighted by atomic mass is 35.5. The summed E-state index contributed by atoms with van der Waals surface area (Å²) in [4.78, 5) is 10.8. The van der Waals surface area contributed by atoms with E-state index in [4.69, 9.17) is 27.6 Å². The fourth-order valence-corrected chi connectivity index (χ4v) is 5.00. The van der Waals surface area contributed by atoms with Gasteiger partial charge in [-0.2, -0.15) is 4.31 Å². The van der Waals surface area contributed by atoms with Crippen LogP contribution in [0.2, 0.25) is 10.0 Å². The number of hydrogen-bond donors (Lipinski definition) is 0. The lowest BCUT2D eigenvalue weighted by atomic mass is 10.2. The first kappa shape index (κ1) is 22.0. The van der Waals surface area contributed by atoms with Gasteiger partial charge in [-0.15, -0.1) is 0 Å². The number of carbonyl (C=O) groups is 1. The van der Waals surface area contributed by atoms with Crippen LogP contribution in [-0.4, -0.2) is 32.1 Å². The number of rotatable bonds is 10. The Morgan fingerprint density at radius 3 is 2.19 bits per heavy atom. The smallest absolute Gasteiger partial charge is 0.244 e. The molecule has 0 saturated heterocycles. The van der Waals surface area contributed by atoms with Crippen molar-refractivity contribution in [1.29, 1.82) is 0 Å². The molecule has 0 atom stereocenters. The summed E-state index contributed by atoms with van der Waals surface area (Å²) in [6, 6.07) is 5.91. The number of unbranched alkanes of at least 4 members (excludes halogenated alkanes) is 2. The first-order valence-electron chi connectivity index (χ1n) is 8.89. The van der Waals surface area contributed by atoms with E-state index in [1.165, 1.54) is 22.5 Å². The maximum Gasteiger partial charge on any atom is 0.244 e. The molecule has 0 fully saturated rings. The molecule has 0 unspecified atom stereocenters. The van der Waals surface area contributed by atoms with E-state index in [2.05, 4.69) is 0 Å². The largest absolute Gasteiger partial charge is 0.453 e. The predicted molar refractivity (Wildman–Crippen MR) is 108 cm³/mol. The van der Waals surface area contributed by atoms with E-state index in [0.29, 0.717) is 30.7 Å². The number of halogens is 2. The minimum absolute atomic E-state index is 0.0210. The zero-order valence-corrected chi connectivity index (χ0v) is 17.7. The maximum atomic E-state index is 13.1. The van der Waals surface area contributed by atoms with Crippen molar-refractivity contribution >= 4 is 39.5 Å². The van der Waals surface area contributed by atoms with Crippen LogP contribution < -0.4 is 0 Å². The number of nitrogens with zero attached hydrogens (tertiary/aromatic N) is 1. The van der Waals surface area contributed by atoms with E-state index in [9.17, 15) is 13.2 Å². The fraction of sp³-hybridized carbons (Fsp3) is 0.421. The van der Waals surface area contributed by atoms with Gasteiger partial charge < -0.3 is 4.42 Å². The summed E-state index contributed by atoms with van der Waals surface area (Å²) in [7, 11) is -3.77. The van der Waals surface area contributed by atoms with E-state index in [1.807, 2.05) is 13.8 Å². The third kappa shape index (κ3) is 5.13. The van der Waals surface area contributed by atoms with E-state index in [0.717, 1.165) is 25.7 Å². The molecule has 0 aliphatic rings. The normalized spacial score (nSPS) is 11.9. The van der Waals surface area contributed by atoms with Gasteiger partial charge in [0.1, 0.15) is 10.7 Å². The Bertz CT molecular complexity index is 885. The Hall–Kier alpha value is -1.34. The van der Waals surface area contributed by atoms with E-state index < -0.39 is 10.0 Å². The molecular formula is C19H23Cl2NO4S. The lowest BCUT2D eigenvalue weighted by Crippen LogP contribution is -2.33. The summed E-state index contributed by atoms with van der Waals surface area (Å²) in [5.41, 5.74) is 0.433. The van der Waals surface area contributed by atoms with Crippen LogP contribution in [0, 0.1) is 0 Å². The van der Waals surface area contributed by atoms with Crippen LogP contribution in [0.3, 0.4) is 0 Å². The minimum Gasteiger partial charge on any atom is -0.453 e. The van der Waals surface area contributed by atoms with Crippen LogP contribution in [0.1, 0.15) is 50.1 Å². The van der Waals surface area contributed by atoms with Crippen molar-refractivity contribution in [3.05, 3.63) is 40.1 Å². The van der Waals surface area contributed by atoms with Crippen molar-refractivity contribution in [1.82, 2.24) is 4.31 Å². The highest BCUT2D eigenvalue weighted by Gasteiger charge is 2.27. The molecule has 0 aliphatic heterocycles. The number of aldehydes is 1. The molecule has 0 radical (unpaired) electrons. The van der Waals surface area contributed by atoms with Gasteiger partial charge in [-0.25, -0.2) is 8.42 Å². The fourth-order valence-electron chi connectivity index (χ4n) is 2.64. The molecule has 0 N–H and O–H groups in total. The van der Waals surface area contributed by atoms with E-state index >= 15 is 0 Å². The second-order valence-electron chi connectivity index (χ2n) is 6.19. The van der Waals surface area contributed by atoms with Crippen molar-refractivity contribution in [2.24, 2.45) is 0 Å². The van der Waals surface area contributed by atoms with Gasteiger partial charge in [0, 0.05) is 18.7 Å². The topological polar surface area (TPSA) is 67.6 Å². The Balaban J connectivity index is 2.43. The van der Waals surface area contributed by atoms with Crippen molar-refractivity contribution in [2.45, 2.75) is 44.4 Å². The number of benzene rings is 1. The van der Waals surface area contributed by atoms with Crippen LogP contribution in [0.15, 0.2) is 33.6 Å². The average molecular weight is 432 g/mol. The van der Waals surface area contributed by atoms with Gasteiger partial charge in [-0.05, 0) is 37.1 Å². The van der Waals surface area contributed by atoms with Crippen LogP contribution in [0.5, 0.6) is 0 Å². The first-order valence-corrected chi connectivity index (χ1v) is 11.1. The standard InChI is InChI=1S/C19H23Cl2NO4S/c1-3-5-9-22(10-6-4-2)27(24,25)19-12-16(20)15(11-17(19)21)18-8-7-14(13-23)26-18/h7-8,11-13H,3-6,9-10H2,1-2H3. The molecule has 2 rings (SSSR count). The second-order valence-corrected chi connectivity index (χ2v) is 8.91. The van der Waals surface area contributed by atoms with Gasteiger partial charge in [0.25, 0.3) is 0 Å².